The highest BCUT2D eigenvalue weighted by Gasteiger charge is 2.62. The Morgan fingerprint density at radius 2 is 1.82 bits per heavy atom. The first kappa shape index (κ1) is 26.7. The second kappa shape index (κ2) is 9.58. The quantitative estimate of drug-likeness (QED) is 0.476. The summed E-state index contributed by atoms with van der Waals surface area (Å²) in [6, 6.07) is 3.53. The first-order valence-corrected chi connectivity index (χ1v) is 15.5. The molecular weight excluding hydrogens is 477 g/mol. The number of hydrogen-bond acceptors (Lipinski definition) is 3. The standard InChI is InChI=1S/C33H48FNO3/c1-19-15-27(34)23-11-14-35(28(23)16-19)30(38)8-5-20(2)24-6-7-25-31-26(10-13-33(24,25)4)32(3)12-9-22(36)17-21(32)18-29(31)37/h15-16,20-22,24-26,29,31,36-37H,5-14,17-18H2,1-4H3/t20-,21+,22-,24-,25+,26+,29+,31+,32+,33-/m1/s1. The third-order valence-corrected chi connectivity index (χ3v) is 12.7. The predicted molar refractivity (Wildman–Crippen MR) is 148 cm³/mol. The Morgan fingerprint density at radius 1 is 1.08 bits per heavy atom. The minimum absolute atomic E-state index is 0.130. The Labute approximate surface area is 228 Å². The molecule has 0 unspecified atom stereocenters. The number of aliphatic hydroxyl groups is 2. The van der Waals surface area contributed by atoms with Crippen LogP contribution in [0.1, 0.15) is 96.1 Å². The number of rotatable bonds is 4. The second-order valence-corrected chi connectivity index (χ2v) is 14.5. The van der Waals surface area contributed by atoms with Crippen molar-refractivity contribution in [2.45, 2.75) is 111 Å². The van der Waals surface area contributed by atoms with Crippen LogP contribution >= 0.6 is 0 Å². The van der Waals surface area contributed by atoms with Crippen molar-refractivity contribution < 1.29 is 19.4 Å². The summed E-state index contributed by atoms with van der Waals surface area (Å²) in [6.45, 7) is 9.79. The van der Waals surface area contributed by atoms with Crippen LogP contribution in [0.3, 0.4) is 0 Å². The summed E-state index contributed by atoms with van der Waals surface area (Å²) in [7, 11) is 0. The Hall–Kier alpha value is -1.46. The molecule has 10 atom stereocenters. The van der Waals surface area contributed by atoms with E-state index in [4.69, 9.17) is 0 Å². The lowest BCUT2D eigenvalue weighted by Gasteiger charge is -2.62. The molecule has 1 heterocycles. The monoisotopic (exact) mass is 525 g/mol. The zero-order valence-electron chi connectivity index (χ0n) is 23.9. The highest BCUT2D eigenvalue weighted by molar-refractivity contribution is 5.95. The average molecular weight is 526 g/mol. The van der Waals surface area contributed by atoms with Gasteiger partial charge in [0.05, 0.1) is 17.9 Å². The molecule has 0 saturated heterocycles. The van der Waals surface area contributed by atoms with E-state index in [0.717, 1.165) is 43.4 Å². The topological polar surface area (TPSA) is 60.8 Å². The van der Waals surface area contributed by atoms with E-state index in [0.29, 0.717) is 60.5 Å². The van der Waals surface area contributed by atoms with Crippen LogP contribution in [0, 0.1) is 59.1 Å². The highest BCUT2D eigenvalue weighted by atomic mass is 19.1. The van der Waals surface area contributed by atoms with E-state index < -0.39 is 0 Å². The number of nitrogens with zero attached hydrogens (tertiary/aromatic N) is 1. The minimum atomic E-state index is -0.247. The zero-order valence-corrected chi connectivity index (χ0v) is 23.9. The molecule has 2 N–H and O–H groups in total. The number of aliphatic hydroxyl groups excluding tert-OH is 2. The molecule has 38 heavy (non-hydrogen) atoms. The molecule has 1 aromatic rings. The maximum absolute atomic E-state index is 14.4. The highest BCUT2D eigenvalue weighted by Crippen LogP contribution is 2.68. The Bertz CT molecular complexity index is 1090. The van der Waals surface area contributed by atoms with Crippen molar-refractivity contribution in [2.24, 2.45) is 46.3 Å². The van der Waals surface area contributed by atoms with Gasteiger partial charge in [0.25, 0.3) is 0 Å². The van der Waals surface area contributed by atoms with Gasteiger partial charge in [0.15, 0.2) is 0 Å². The first-order chi connectivity index (χ1) is 18.0. The third-order valence-electron chi connectivity index (χ3n) is 12.7. The summed E-state index contributed by atoms with van der Waals surface area (Å²) in [5.74, 6) is 2.93. The normalized spacial score (nSPS) is 42.7. The van der Waals surface area contributed by atoms with E-state index >= 15 is 0 Å². The molecule has 4 aliphatic carbocycles. The lowest BCUT2D eigenvalue weighted by Crippen LogP contribution is -2.58. The summed E-state index contributed by atoms with van der Waals surface area (Å²) in [6.07, 6.45) is 10.1. The molecule has 0 aromatic heterocycles. The number of benzene rings is 1. The maximum atomic E-state index is 14.4. The van der Waals surface area contributed by atoms with Gasteiger partial charge in [0.1, 0.15) is 5.82 Å². The number of carbonyl (C=O) groups is 1. The Balaban J connectivity index is 1.13. The summed E-state index contributed by atoms with van der Waals surface area (Å²) < 4.78 is 14.4. The number of hydrogen-bond donors (Lipinski definition) is 2. The maximum Gasteiger partial charge on any atom is 0.227 e. The van der Waals surface area contributed by atoms with Crippen molar-refractivity contribution in [2.75, 3.05) is 11.4 Å². The van der Waals surface area contributed by atoms with Crippen LogP contribution in [0.2, 0.25) is 0 Å². The fourth-order valence-corrected chi connectivity index (χ4v) is 10.7. The smallest absolute Gasteiger partial charge is 0.227 e. The van der Waals surface area contributed by atoms with Crippen LogP contribution in [0.5, 0.6) is 0 Å². The van der Waals surface area contributed by atoms with Crippen molar-refractivity contribution in [1.82, 2.24) is 0 Å². The molecule has 1 aliphatic heterocycles. The number of carbonyl (C=O) groups excluding carboxylic acids is 1. The van der Waals surface area contributed by atoms with Gasteiger partial charge < -0.3 is 15.1 Å². The van der Waals surface area contributed by atoms with Crippen LogP contribution in [0.25, 0.3) is 0 Å². The molecule has 1 amide bonds. The van der Waals surface area contributed by atoms with Gasteiger partial charge in [-0.15, -0.1) is 0 Å². The molecule has 4 saturated carbocycles. The van der Waals surface area contributed by atoms with Crippen LogP contribution in [0.4, 0.5) is 10.1 Å². The van der Waals surface area contributed by atoms with Crippen LogP contribution in [0.15, 0.2) is 12.1 Å². The fourth-order valence-electron chi connectivity index (χ4n) is 10.7. The van der Waals surface area contributed by atoms with Gasteiger partial charge in [-0.1, -0.05) is 20.8 Å². The lowest BCUT2D eigenvalue weighted by molar-refractivity contribution is -0.174. The van der Waals surface area contributed by atoms with Crippen LogP contribution in [-0.2, 0) is 11.2 Å². The first-order valence-electron chi connectivity index (χ1n) is 15.5. The van der Waals surface area contributed by atoms with Gasteiger partial charge >= 0.3 is 0 Å². The third kappa shape index (κ3) is 4.08. The molecule has 0 bridgehead atoms. The van der Waals surface area contributed by atoms with Crippen molar-refractivity contribution in [1.29, 1.82) is 0 Å². The van der Waals surface area contributed by atoms with E-state index in [9.17, 15) is 19.4 Å². The van der Waals surface area contributed by atoms with E-state index in [1.54, 1.807) is 6.07 Å². The molecule has 1 aromatic carbocycles. The molecule has 6 rings (SSSR count). The largest absolute Gasteiger partial charge is 0.393 e. The van der Waals surface area contributed by atoms with Crippen molar-refractivity contribution in [3.05, 3.63) is 29.1 Å². The molecule has 4 nitrogen and oxygen atoms in total. The summed E-state index contributed by atoms with van der Waals surface area (Å²) in [5.41, 5.74) is 2.81. The van der Waals surface area contributed by atoms with Gasteiger partial charge in [-0.2, -0.15) is 0 Å². The molecule has 0 spiro atoms. The van der Waals surface area contributed by atoms with Crippen LogP contribution in [-0.4, -0.2) is 34.9 Å². The lowest BCUT2D eigenvalue weighted by atomic mass is 9.43. The molecule has 5 aliphatic rings. The zero-order chi connectivity index (χ0) is 27.0. The number of fused-ring (bicyclic) bond motifs is 6. The molecule has 4 fully saturated rings. The van der Waals surface area contributed by atoms with E-state index in [2.05, 4.69) is 20.8 Å². The summed E-state index contributed by atoms with van der Waals surface area (Å²) in [4.78, 5) is 15.1. The van der Waals surface area contributed by atoms with Gasteiger partial charge in [-0.25, -0.2) is 4.39 Å². The van der Waals surface area contributed by atoms with Crippen LogP contribution < -0.4 is 4.90 Å². The van der Waals surface area contributed by atoms with Crippen molar-refractivity contribution >= 4 is 11.6 Å². The second-order valence-electron chi connectivity index (χ2n) is 14.5. The van der Waals surface area contributed by atoms with E-state index in [1.165, 1.54) is 25.7 Å². The predicted octanol–water partition coefficient (Wildman–Crippen LogP) is 6.43. The number of amides is 1. The fraction of sp³-hybridized carbons (Fsp3) is 0.788. The summed E-state index contributed by atoms with van der Waals surface area (Å²) in [5, 5.41) is 21.8. The Morgan fingerprint density at radius 3 is 2.61 bits per heavy atom. The van der Waals surface area contributed by atoms with E-state index in [1.807, 2.05) is 17.9 Å². The molecule has 210 valence electrons. The minimum Gasteiger partial charge on any atom is -0.393 e. The molecule has 0 radical (unpaired) electrons. The number of halogens is 1. The van der Waals surface area contributed by atoms with E-state index in [-0.39, 0.29) is 34.8 Å². The average Bonchev–Trinajstić information content (AvgIpc) is 3.44. The Kier molecular flexibility index (Phi) is 6.74. The number of anilines is 1. The van der Waals surface area contributed by atoms with Crippen molar-refractivity contribution in [3.8, 4) is 0 Å². The van der Waals surface area contributed by atoms with Crippen molar-refractivity contribution in [3.63, 3.8) is 0 Å². The SMILES string of the molecule is Cc1cc(F)c2c(c1)N(C(=O)CC[C@@H](C)[C@H]1CC[C@H]3[C@@H]4[C@@H](O)C[C@@H]5C[C@H](O)CC[C@]5(C)[C@H]4CC[C@]13C)CC2. The molecule has 5 heteroatoms. The van der Waals surface area contributed by atoms with Gasteiger partial charge in [0.2, 0.25) is 5.91 Å². The molecular formula is C33H48FNO3. The summed E-state index contributed by atoms with van der Waals surface area (Å²) >= 11 is 0. The number of aryl methyl sites for hydroxylation is 1. The van der Waals surface area contributed by atoms with Gasteiger partial charge in [0, 0.05) is 18.5 Å². The van der Waals surface area contributed by atoms with Gasteiger partial charge in [-0.3, -0.25) is 4.79 Å². The van der Waals surface area contributed by atoms with Gasteiger partial charge in [-0.05, 0) is 135 Å².